The highest BCUT2D eigenvalue weighted by molar-refractivity contribution is 8.21. The minimum absolute atomic E-state index is 0.0265. The molecular formula is C32H41N7O4P2Si+2. The molecule has 0 aliphatic rings. The fraction of sp³-hybridized carbons (Fsp3) is 0.375. The Balaban J connectivity index is 1.57. The number of fused-ring (bicyclic) bond motifs is 1. The Morgan fingerprint density at radius 2 is 1.83 bits per heavy atom. The SMILES string of the molecule is C=[P+](C)[Si](OCCOCC(Oc1ncnc2c1cnn2-c1cc(C#N)ccc1C)C(=O)Nc1ccc(C)cn1)([P+](=C)C)C(C)(C)C. The normalized spacial score (nSPS) is 14.2. The molecule has 1 amide bonds. The molecule has 46 heavy (non-hydrogen) atoms. The lowest BCUT2D eigenvalue weighted by Crippen LogP contribution is -2.42. The average molecular weight is 678 g/mol. The van der Waals surface area contributed by atoms with E-state index in [4.69, 9.17) is 13.9 Å². The van der Waals surface area contributed by atoms with Crippen molar-refractivity contribution < 1.29 is 18.7 Å². The van der Waals surface area contributed by atoms with Crippen LogP contribution in [0, 0.1) is 25.2 Å². The molecule has 0 aliphatic carbocycles. The standard InChI is InChI=1S/C32H40N7O4P2Si/c1-22-10-13-28(34-18-22)38-30(40)27(20-41-14-15-42-46(44(6)7,45(8)9)32(3,4)5)43-31-25-19-37-39(29(25)35-21-36-31)26-16-24(17-33)12-11-23(26)2/h10-13,16,18-19,21,27H,6,8,14-15,20H2,1-5,7,9H3/q+1/p+1. The second kappa shape index (κ2) is 14.7. The number of benzene rings is 1. The molecule has 0 radical (unpaired) electrons. The van der Waals surface area contributed by atoms with E-state index in [9.17, 15) is 10.1 Å². The van der Waals surface area contributed by atoms with Gasteiger partial charge in [0.05, 0.1) is 74.3 Å². The van der Waals surface area contributed by atoms with E-state index in [0.29, 0.717) is 34.7 Å². The zero-order valence-corrected chi connectivity index (χ0v) is 30.2. The van der Waals surface area contributed by atoms with Crippen LogP contribution >= 0.6 is 14.2 Å². The second-order valence-electron chi connectivity index (χ2n) is 12.1. The van der Waals surface area contributed by atoms with Crippen LogP contribution in [0.15, 0.2) is 49.1 Å². The number of hydrogen-bond acceptors (Lipinski definition) is 9. The Bertz CT molecular complexity index is 1780. The van der Waals surface area contributed by atoms with E-state index >= 15 is 0 Å². The van der Waals surface area contributed by atoms with Gasteiger partial charge in [-0.1, -0.05) is 32.9 Å². The van der Waals surface area contributed by atoms with Crippen molar-refractivity contribution in [2.24, 2.45) is 0 Å². The molecule has 0 saturated heterocycles. The number of anilines is 1. The molecule has 0 aliphatic heterocycles. The Hall–Kier alpha value is -3.84. The summed E-state index contributed by atoms with van der Waals surface area (Å²) in [5.74, 6) is 0.112. The summed E-state index contributed by atoms with van der Waals surface area (Å²) in [7, 11) is -3.42. The van der Waals surface area contributed by atoms with Gasteiger partial charge >= 0.3 is 7.65 Å². The summed E-state index contributed by atoms with van der Waals surface area (Å²) in [6.07, 6.45) is 12.4. The fourth-order valence-corrected chi connectivity index (χ4v) is 25.2. The number of rotatable bonds is 13. The molecule has 14 heteroatoms. The largest absolute Gasteiger partial charge is 0.662 e. The van der Waals surface area contributed by atoms with E-state index < -0.39 is 33.8 Å². The summed E-state index contributed by atoms with van der Waals surface area (Å²) in [6.45, 7) is 15.4. The molecule has 11 nitrogen and oxygen atoms in total. The predicted molar refractivity (Wildman–Crippen MR) is 190 cm³/mol. The predicted octanol–water partition coefficient (Wildman–Crippen LogP) is 5.94. The number of nitriles is 1. The van der Waals surface area contributed by atoms with Gasteiger partial charge in [0.1, 0.15) is 31.7 Å². The number of nitrogens with one attached hydrogen (secondary N) is 1. The molecule has 0 bridgehead atoms. The summed E-state index contributed by atoms with van der Waals surface area (Å²) in [5, 5.41) is 17.2. The number of amides is 1. The first-order valence-corrected chi connectivity index (χ1v) is 22.2. The van der Waals surface area contributed by atoms with Crippen molar-refractivity contribution in [3.8, 4) is 17.6 Å². The molecule has 3 heterocycles. The number of carbonyl (C=O) groups excluding carboxylic acids is 1. The highest BCUT2D eigenvalue weighted by atomic mass is 31.6. The minimum Gasteiger partial charge on any atom is -0.461 e. The lowest BCUT2D eigenvalue weighted by atomic mass is 10.1. The number of ether oxygens (including phenoxy) is 2. The van der Waals surface area contributed by atoms with E-state index in [1.807, 2.05) is 26.0 Å². The van der Waals surface area contributed by atoms with Crippen LogP contribution in [0.4, 0.5) is 5.82 Å². The van der Waals surface area contributed by atoms with Crippen LogP contribution in [-0.2, 0) is 14.0 Å². The molecule has 0 spiro atoms. The van der Waals surface area contributed by atoms with Crippen molar-refractivity contribution in [3.05, 3.63) is 65.7 Å². The summed E-state index contributed by atoms with van der Waals surface area (Å²) < 4.78 is 20.5. The van der Waals surface area contributed by atoms with Gasteiger partial charge in [0.25, 0.3) is 5.91 Å². The molecule has 0 fully saturated rings. The molecule has 240 valence electrons. The summed E-state index contributed by atoms with van der Waals surface area (Å²) in [6, 6.07) is 11.1. The second-order valence-corrected chi connectivity index (χ2v) is 27.3. The van der Waals surface area contributed by atoms with Gasteiger partial charge in [0.2, 0.25) is 12.0 Å². The highest BCUT2D eigenvalue weighted by Gasteiger charge is 2.70. The Morgan fingerprint density at radius 1 is 1.09 bits per heavy atom. The van der Waals surface area contributed by atoms with Gasteiger partial charge in [0.15, 0.2) is 5.65 Å². The summed E-state index contributed by atoms with van der Waals surface area (Å²) in [4.78, 5) is 26.6. The molecule has 3 unspecified atom stereocenters. The van der Waals surface area contributed by atoms with E-state index in [-0.39, 0.29) is 24.1 Å². The molecule has 4 aromatic rings. The molecule has 3 aromatic heterocycles. The van der Waals surface area contributed by atoms with Gasteiger partial charge in [0, 0.05) is 6.20 Å². The zero-order valence-electron chi connectivity index (χ0n) is 27.4. The van der Waals surface area contributed by atoms with Crippen LogP contribution in [0.1, 0.15) is 37.5 Å². The summed E-state index contributed by atoms with van der Waals surface area (Å²) >= 11 is 0. The van der Waals surface area contributed by atoms with Crippen LogP contribution in [0.3, 0.4) is 0 Å². The smallest absolute Gasteiger partial charge is 0.461 e. The number of aryl methyl sites for hydroxylation is 2. The average Bonchev–Trinajstić information content (AvgIpc) is 3.43. The molecule has 1 aromatic carbocycles. The number of carbonyl (C=O) groups is 1. The topological polar surface area (TPSA) is 137 Å². The third-order valence-electron chi connectivity index (χ3n) is 7.42. The number of hydrogen-bond donors (Lipinski definition) is 1. The van der Waals surface area contributed by atoms with Gasteiger partial charge < -0.3 is 19.2 Å². The number of aromatic nitrogens is 5. The van der Waals surface area contributed by atoms with Gasteiger partial charge in [-0.3, -0.25) is 4.79 Å². The molecule has 4 rings (SSSR count). The molecule has 3 atom stereocenters. The van der Waals surface area contributed by atoms with Gasteiger partial charge in [-0.05, 0) is 43.2 Å². The Morgan fingerprint density at radius 3 is 2.46 bits per heavy atom. The quantitative estimate of drug-likeness (QED) is 0.103. The maximum Gasteiger partial charge on any atom is 0.662 e. The van der Waals surface area contributed by atoms with Crippen LogP contribution in [0.2, 0.25) is 5.04 Å². The van der Waals surface area contributed by atoms with Gasteiger partial charge in [-0.15, -0.1) is 0 Å². The first-order chi connectivity index (χ1) is 21.8. The molecule has 1 N–H and O–H groups in total. The zero-order chi connectivity index (χ0) is 33.6. The first-order valence-electron chi connectivity index (χ1n) is 14.7. The van der Waals surface area contributed by atoms with Crippen LogP contribution < -0.4 is 10.1 Å². The minimum atomic E-state index is -2.27. The Labute approximate surface area is 272 Å². The van der Waals surface area contributed by atoms with Crippen molar-refractivity contribution in [1.82, 2.24) is 24.7 Å². The van der Waals surface area contributed by atoms with Crippen molar-refractivity contribution in [2.45, 2.75) is 45.8 Å². The lowest BCUT2D eigenvalue weighted by Gasteiger charge is -2.27. The summed E-state index contributed by atoms with van der Waals surface area (Å²) in [5.41, 5.74) is 3.54. The molecular weight excluding hydrogens is 636 g/mol. The van der Waals surface area contributed by atoms with E-state index in [2.05, 4.69) is 78.1 Å². The number of pyridine rings is 1. The van der Waals surface area contributed by atoms with E-state index in [0.717, 1.165) is 11.1 Å². The Kier molecular flexibility index (Phi) is 11.2. The van der Waals surface area contributed by atoms with Crippen molar-refractivity contribution in [3.63, 3.8) is 0 Å². The highest BCUT2D eigenvalue weighted by Crippen LogP contribution is 2.60. The molecule has 0 saturated carbocycles. The maximum atomic E-state index is 13.5. The first kappa shape index (κ1) is 35.0. The lowest BCUT2D eigenvalue weighted by molar-refractivity contribution is -0.125. The third kappa shape index (κ3) is 7.57. The number of nitrogens with zero attached hydrogens (tertiary/aromatic N) is 6. The van der Waals surface area contributed by atoms with Crippen molar-refractivity contribution in [2.75, 3.05) is 38.5 Å². The monoisotopic (exact) mass is 677 g/mol. The van der Waals surface area contributed by atoms with E-state index in [1.54, 1.807) is 35.3 Å². The van der Waals surface area contributed by atoms with Crippen molar-refractivity contribution in [1.29, 1.82) is 5.26 Å². The van der Waals surface area contributed by atoms with Crippen molar-refractivity contribution >= 4 is 57.2 Å². The maximum absolute atomic E-state index is 13.5. The van der Waals surface area contributed by atoms with Crippen LogP contribution in [0.25, 0.3) is 16.7 Å². The van der Waals surface area contributed by atoms with Crippen LogP contribution in [-0.4, -0.2) is 90.1 Å². The third-order valence-corrected chi connectivity index (χ3v) is 29.2. The van der Waals surface area contributed by atoms with Crippen LogP contribution in [0.5, 0.6) is 5.88 Å². The van der Waals surface area contributed by atoms with Gasteiger partial charge in [-0.2, -0.15) is 10.4 Å². The fourth-order valence-electron chi connectivity index (χ4n) is 5.35. The van der Waals surface area contributed by atoms with Gasteiger partial charge in [-0.25, -0.2) is 19.6 Å². The van der Waals surface area contributed by atoms with E-state index in [1.165, 1.54) is 6.33 Å².